The third-order valence-corrected chi connectivity index (χ3v) is 6.46. The average Bonchev–Trinajstić information content (AvgIpc) is 3.42. The fourth-order valence-electron chi connectivity index (χ4n) is 3.67. The van der Waals surface area contributed by atoms with Crippen LogP contribution in [0.4, 0.5) is 0 Å². The minimum absolute atomic E-state index is 0.0242. The zero-order chi connectivity index (χ0) is 20.2. The Bertz CT molecular complexity index is 966. The highest BCUT2D eigenvalue weighted by atomic mass is 32.1. The largest absolute Gasteiger partial charge is 0.467 e. The molecule has 0 radical (unpaired) electrons. The molecule has 0 saturated heterocycles. The number of aryl methyl sites for hydroxylation is 2. The van der Waals surface area contributed by atoms with Gasteiger partial charge in [0, 0.05) is 24.0 Å². The molecule has 0 atom stereocenters. The topological polar surface area (TPSA) is 62.6 Å². The van der Waals surface area contributed by atoms with E-state index in [2.05, 4.69) is 11.4 Å². The molecule has 29 heavy (non-hydrogen) atoms. The van der Waals surface area contributed by atoms with E-state index in [0.717, 1.165) is 29.0 Å². The van der Waals surface area contributed by atoms with Gasteiger partial charge in [-0.2, -0.15) is 0 Å². The first-order valence-electron chi connectivity index (χ1n) is 9.88. The third kappa shape index (κ3) is 4.43. The highest BCUT2D eigenvalue weighted by Gasteiger charge is 2.23. The first-order chi connectivity index (χ1) is 14.1. The third-order valence-electron chi connectivity index (χ3n) is 5.24. The van der Waals surface area contributed by atoms with Crippen LogP contribution >= 0.6 is 11.3 Å². The molecule has 150 valence electrons. The molecule has 1 N–H and O–H groups in total. The van der Waals surface area contributed by atoms with Gasteiger partial charge in [-0.1, -0.05) is 12.1 Å². The summed E-state index contributed by atoms with van der Waals surface area (Å²) in [7, 11) is 1.61. The number of hydrogen-bond donors (Lipinski definition) is 1. The number of fused-ring (bicyclic) bond motifs is 1. The van der Waals surface area contributed by atoms with Crippen molar-refractivity contribution in [1.29, 1.82) is 0 Å². The van der Waals surface area contributed by atoms with Crippen LogP contribution in [-0.4, -0.2) is 23.8 Å². The Morgan fingerprint density at radius 1 is 1.10 bits per heavy atom. The number of nitrogens with one attached hydrogen (secondary N) is 1. The van der Waals surface area contributed by atoms with Crippen molar-refractivity contribution >= 4 is 23.2 Å². The summed E-state index contributed by atoms with van der Waals surface area (Å²) in [4.78, 5) is 29.1. The van der Waals surface area contributed by atoms with Crippen LogP contribution in [0, 0.1) is 0 Å². The zero-order valence-electron chi connectivity index (χ0n) is 16.4. The van der Waals surface area contributed by atoms with Gasteiger partial charge in [-0.3, -0.25) is 9.59 Å². The van der Waals surface area contributed by atoms with Gasteiger partial charge >= 0.3 is 0 Å². The second-order valence-electron chi connectivity index (χ2n) is 7.28. The van der Waals surface area contributed by atoms with Crippen molar-refractivity contribution in [2.75, 3.05) is 7.05 Å². The van der Waals surface area contributed by atoms with E-state index < -0.39 is 0 Å². The summed E-state index contributed by atoms with van der Waals surface area (Å²) in [6.07, 6.45) is 6.17. The lowest BCUT2D eigenvalue weighted by Gasteiger charge is -2.21. The molecule has 1 aliphatic carbocycles. The first kappa shape index (κ1) is 19.5. The van der Waals surface area contributed by atoms with Gasteiger partial charge in [0.2, 0.25) is 0 Å². The summed E-state index contributed by atoms with van der Waals surface area (Å²) in [5.74, 6) is 0.655. The van der Waals surface area contributed by atoms with Crippen molar-refractivity contribution in [3.8, 4) is 0 Å². The predicted octanol–water partition coefficient (Wildman–Crippen LogP) is 4.42. The molecule has 5 nitrogen and oxygen atoms in total. The molecule has 0 fully saturated rings. The molecule has 0 spiro atoms. The second-order valence-corrected chi connectivity index (χ2v) is 8.42. The van der Waals surface area contributed by atoms with E-state index in [1.807, 2.05) is 29.2 Å². The molecule has 2 heterocycles. The predicted molar refractivity (Wildman–Crippen MR) is 113 cm³/mol. The summed E-state index contributed by atoms with van der Waals surface area (Å²) >= 11 is 1.63. The van der Waals surface area contributed by atoms with Crippen LogP contribution in [0.3, 0.4) is 0 Å². The molecule has 6 heteroatoms. The molecule has 0 unspecified atom stereocenters. The standard InChI is InChI=1S/C23H24N2O3S/c1-24-22(26)17-10-8-16(9-11-17)14-25(15-19-6-4-12-28-19)23(27)21-13-18-5-2-3-7-20(18)29-21/h4,6,8-13H,2-3,5,7,14-15H2,1H3,(H,24,26). The van der Waals surface area contributed by atoms with Gasteiger partial charge in [0.1, 0.15) is 5.76 Å². The van der Waals surface area contributed by atoms with Crippen molar-refractivity contribution in [3.05, 3.63) is 80.9 Å². The maximum absolute atomic E-state index is 13.3. The Kier molecular flexibility index (Phi) is 5.81. The van der Waals surface area contributed by atoms with E-state index >= 15 is 0 Å². The molecule has 1 aliphatic rings. The van der Waals surface area contributed by atoms with Crippen LogP contribution in [0.25, 0.3) is 0 Å². The van der Waals surface area contributed by atoms with Gasteiger partial charge < -0.3 is 14.6 Å². The highest BCUT2D eigenvalue weighted by molar-refractivity contribution is 7.14. The van der Waals surface area contributed by atoms with Gasteiger partial charge in [-0.25, -0.2) is 0 Å². The van der Waals surface area contributed by atoms with E-state index in [1.54, 1.807) is 36.8 Å². The number of benzene rings is 1. The summed E-state index contributed by atoms with van der Waals surface area (Å²) in [5.41, 5.74) is 2.91. The lowest BCUT2D eigenvalue weighted by Crippen LogP contribution is -2.29. The Hall–Kier alpha value is -2.86. The number of nitrogens with zero attached hydrogens (tertiary/aromatic N) is 1. The average molecular weight is 409 g/mol. The van der Waals surface area contributed by atoms with Gasteiger partial charge in [-0.05, 0) is 67.1 Å². The van der Waals surface area contributed by atoms with Crippen LogP contribution in [0.2, 0.25) is 0 Å². The van der Waals surface area contributed by atoms with Gasteiger partial charge in [0.25, 0.3) is 11.8 Å². The van der Waals surface area contributed by atoms with Gasteiger partial charge in [0.15, 0.2) is 0 Å². The number of thiophene rings is 1. The fraction of sp³-hybridized carbons (Fsp3) is 0.304. The quantitative estimate of drug-likeness (QED) is 0.657. The molecule has 0 bridgehead atoms. The van der Waals surface area contributed by atoms with E-state index in [4.69, 9.17) is 4.42 Å². The molecule has 4 rings (SSSR count). The number of hydrogen-bond acceptors (Lipinski definition) is 4. The monoisotopic (exact) mass is 408 g/mol. The highest BCUT2D eigenvalue weighted by Crippen LogP contribution is 2.31. The molecular formula is C23H24N2O3S. The Balaban J connectivity index is 1.56. The molecule has 3 aromatic rings. The number of carbonyl (C=O) groups is 2. The molecule has 1 aromatic carbocycles. The summed E-state index contributed by atoms with van der Waals surface area (Å²) in [5, 5.41) is 2.62. The fourth-order valence-corrected chi connectivity index (χ4v) is 4.89. The maximum Gasteiger partial charge on any atom is 0.264 e. The number of furan rings is 1. The molecule has 2 aromatic heterocycles. The summed E-state index contributed by atoms with van der Waals surface area (Å²) in [6, 6.07) is 13.2. The molecule has 2 amide bonds. The van der Waals surface area contributed by atoms with Crippen LogP contribution in [0.5, 0.6) is 0 Å². The van der Waals surface area contributed by atoms with E-state index in [9.17, 15) is 9.59 Å². The second kappa shape index (κ2) is 8.66. The maximum atomic E-state index is 13.3. The minimum atomic E-state index is -0.121. The normalized spacial score (nSPS) is 13.0. The number of carbonyl (C=O) groups excluding carboxylic acids is 2. The van der Waals surface area contributed by atoms with Crippen molar-refractivity contribution in [1.82, 2.24) is 10.2 Å². The smallest absolute Gasteiger partial charge is 0.264 e. The zero-order valence-corrected chi connectivity index (χ0v) is 17.3. The van der Waals surface area contributed by atoms with Crippen LogP contribution in [-0.2, 0) is 25.9 Å². The van der Waals surface area contributed by atoms with Gasteiger partial charge in [0.05, 0.1) is 17.7 Å². The Morgan fingerprint density at radius 2 is 1.90 bits per heavy atom. The van der Waals surface area contributed by atoms with Gasteiger partial charge in [-0.15, -0.1) is 11.3 Å². The number of amides is 2. The van der Waals surface area contributed by atoms with Crippen molar-refractivity contribution in [2.45, 2.75) is 38.8 Å². The van der Waals surface area contributed by atoms with E-state index in [0.29, 0.717) is 18.7 Å². The van der Waals surface area contributed by atoms with Crippen LogP contribution in [0.1, 0.15) is 54.6 Å². The Labute approximate surface area is 174 Å². The van der Waals surface area contributed by atoms with Crippen LogP contribution < -0.4 is 5.32 Å². The molecular weight excluding hydrogens is 384 g/mol. The van der Waals surface area contributed by atoms with E-state index in [1.165, 1.54) is 23.3 Å². The molecule has 0 saturated carbocycles. The first-order valence-corrected chi connectivity index (χ1v) is 10.7. The SMILES string of the molecule is CNC(=O)c1ccc(CN(Cc2ccco2)C(=O)c2cc3c(s2)CCCC3)cc1. The van der Waals surface area contributed by atoms with Crippen LogP contribution in [0.15, 0.2) is 53.1 Å². The summed E-state index contributed by atoms with van der Waals surface area (Å²) < 4.78 is 5.49. The van der Waals surface area contributed by atoms with Crippen molar-refractivity contribution in [2.24, 2.45) is 0 Å². The van der Waals surface area contributed by atoms with E-state index in [-0.39, 0.29) is 11.8 Å². The number of rotatable bonds is 6. The lowest BCUT2D eigenvalue weighted by molar-refractivity contribution is 0.0722. The minimum Gasteiger partial charge on any atom is -0.467 e. The van der Waals surface area contributed by atoms with Crippen molar-refractivity contribution < 1.29 is 14.0 Å². The summed E-state index contributed by atoms with van der Waals surface area (Å²) in [6.45, 7) is 0.863. The Morgan fingerprint density at radius 3 is 2.59 bits per heavy atom. The molecule has 0 aliphatic heterocycles. The lowest BCUT2D eigenvalue weighted by atomic mass is 9.99. The van der Waals surface area contributed by atoms with Crippen molar-refractivity contribution in [3.63, 3.8) is 0 Å².